The number of nitrogens with zero attached hydrogens (tertiary/aromatic N) is 2. The van der Waals surface area contributed by atoms with Gasteiger partial charge in [-0.3, -0.25) is 9.59 Å². The maximum atomic E-state index is 12.6. The Morgan fingerprint density at radius 1 is 1.22 bits per heavy atom. The van der Waals surface area contributed by atoms with Crippen molar-refractivity contribution in [3.63, 3.8) is 0 Å². The number of nitrogens with two attached hydrogens (primary N) is 2. The number of benzene rings is 1. The van der Waals surface area contributed by atoms with Crippen molar-refractivity contribution in [2.24, 2.45) is 16.6 Å². The van der Waals surface area contributed by atoms with Crippen LogP contribution in [0.2, 0.25) is 0 Å². The molecule has 0 bridgehead atoms. The topological polar surface area (TPSA) is 137 Å². The van der Waals surface area contributed by atoms with Gasteiger partial charge in [0.05, 0.1) is 19.5 Å². The molecule has 0 saturated carbocycles. The van der Waals surface area contributed by atoms with E-state index in [2.05, 4.69) is 15.9 Å². The zero-order valence-corrected chi connectivity index (χ0v) is 15.1. The van der Waals surface area contributed by atoms with Crippen LogP contribution in [-0.4, -0.2) is 29.7 Å². The van der Waals surface area contributed by atoms with Crippen molar-refractivity contribution in [3.8, 4) is 0 Å². The summed E-state index contributed by atoms with van der Waals surface area (Å²) in [6.45, 7) is 2.65. The van der Waals surface area contributed by atoms with Crippen LogP contribution in [0.15, 0.2) is 52.5 Å². The molecule has 1 aromatic heterocycles. The smallest absolute Gasteiger partial charge is 0.272 e. The van der Waals surface area contributed by atoms with Crippen molar-refractivity contribution < 1.29 is 9.63 Å². The molecule has 0 atom stereocenters. The van der Waals surface area contributed by atoms with Gasteiger partial charge in [0.2, 0.25) is 11.9 Å². The first-order valence-corrected chi connectivity index (χ1v) is 8.44. The van der Waals surface area contributed by atoms with Crippen LogP contribution < -0.4 is 27.8 Å². The molecule has 27 heavy (non-hydrogen) atoms. The summed E-state index contributed by atoms with van der Waals surface area (Å²) in [7, 11) is 0. The standard InChI is InChI=1S/C18H24N6O3/c1-13-7-9-24(22-12-14-5-3-2-4-6-14)17(26)15(13)11-16(25)21-8-10-27-23-18(19)20/h2-7,9,22H,8,10-12H2,1H3,(H,21,25)(H4,19,20,23). The summed E-state index contributed by atoms with van der Waals surface area (Å²) in [5.74, 6) is -0.478. The second-order valence-electron chi connectivity index (χ2n) is 5.85. The largest absolute Gasteiger partial charge is 0.391 e. The van der Waals surface area contributed by atoms with E-state index >= 15 is 0 Å². The molecule has 2 rings (SSSR count). The molecule has 0 radical (unpaired) electrons. The maximum Gasteiger partial charge on any atom is 0.272 e. The number of aryl methyl sites for hydroxylation is 1. The number of aromatic nitrogens is 1. The normalized spacial score (nSPS) is 10.1. The van der Waals surface area contributed by atoms with Gasteiger partial charge in [-0.25, -0.2) is 4.68 Å². The van der Waals surface area contributed by atoms with Gasteiger partial charge in [-0.2, -0.15) is 0 Å². The third-order valence-electron chi connectivity index (χ3n) is 3.75. The van der Waals surface area contributed by atoms with Crippen LogP contribution >= 0.6 is 0 Å². The second-order valence-corrected chi connectivity index (χ2v) is 5.85. The third kappa shape index (κ3) is 6.38. The lowest BCUT2D eigenvalue weighted by atomic mass is 10.1. The zero-order valence-electron chi connectivity index (χ0n) is 15.1. The summed E-state index contributed by atoms with van der Waals surface area (Å²) in [5.41, 5.74) is 15.3. The highest BCUT2D eigenvalue weighted by Crippen LogP contribution is 2.03. The lowest BCUT2D eigenvalue weighted by Gasteiger charge is -2.13. The van der Waals surface area contributed by atoms with Crippen molar-refractivity contribution in [1.82, 2.24) is 9.99 Å². The van der Waals surface area contributed by atoms with Crippen LogP contribution in [-0.2, 0) is 22.6 Å². The van der Waals surface area contributed by atoms with Gasteiger partial charge < -0.3 is 27.0 Å². The molecule has 1 amide bonds. The molecule has 0 unspecified atom stereocenters. The average molecular weight is 372 g/mol. The van der Waals surface area contributed by atoms with E-state index in [1.165, 1.54) is 4.68 Å². The highest BCUT2D eigenvalue weighted by atomic mass is 16.6. The van der Waals surface area contributed by atoms with Crippen LogP contribution in [0.4, 0.5) is 0 Å². The highest BCUT2D eigenvalue weighted by Gasteiger charge is 2.12. The number of hydrogen-bond acceptors (Lipinski definition) is 5. The first-order valence-electron chi connectivity index (χ1n) is 8.44. The summed E-state index contributed by atoms with van der Waals surface area (Å²) in [6.07, 6.45) is 1.63. The number of guanidine groups is 1. The number of rotatable bonds is 9. The molecule has 0 fully saturated rings. The van der Waals surface area contributed by atoms with E-state index < -0.39 is 0 Å². The summed E-state index contributed by atoms with van der Waals surface area (Å²) in [4.78, 5) is 29.5. The van der Waals surface area contributed by atoms with Crippen LogP contribution in [0.1, 0.15) is 16.7 Å². The van der Waals surface area contributed by atoms with E-state index in [0.29, 0.717) is 12.1 Å². The summed E-state index contributed by atoms with van der Waals surface area (Å²) in [6, 6.07) is 11.5. The Balaban J connectivity index is 1.95. The van der Waals surface area contributed by atoms with Gasteiger partial charge in [0.15, 0.2) is 0 Å². The lowest BCUT2D eigenvalue weighted by molar-refractivity contribution is -0.120. The Morgan fingerprint density at radius 2 is 1.96 bits per heavy atom. The summed E-state index contributed by atoms with van der Waals surface area (Å²) in [5, 5.41) is 6.00. The number of oxime groups is 1. The van der Waals surface area contributed by atoms with Crippen molar-refractivity contribution in [1.29, 1.82) is 0 Å². The minimum absolute atomic E-state index is 0.0270. The molecule has 0 saturated heterocycles. The predicted octanol–water partition coefficient (Wildman–Crippen LogP) is -0.236. The van der Waals surface area contributed by atoms with Crippen molar-refractivity contribution in [2.45, 2.75) is 19.9 Å². The van der Waals surface area contributed by atoms with Crippen LogP contribution in [0.25, 0.3) is 0 Å². The first kappa shape index (κ1) is 19.8. The molecule has 0 aliphatic heterocycles. The van der Waals surface area contributed by atoms with Crippen molar-refractivity contribution in [3.05, 3.63) is 69.6 Å². The van der Waals surface area contributed by atoms with Gasteiger partial charge in [0, 0.05) is 11.8 Å². The fraction of sp³-hybridized carbons (Fsp3) is 0.278. The molecule has 0 aliphatic rings. The Labute approximate surface area is 157 Å². The van der Waals surface area contributed by atoms with Crippen LogP contribution in [0.3, 0.4) is 0 Å². The molecular weight excluding hydrogens is 348 g/mol. The zero-order chi connectivity index (χ0) is 19.6. The fourth-order valence-corrected chi connectivity index (χ4v) is 2.36. The van der Waals surface area contributed by atoms with Crippen LogP contribution in [0.5, 0.6) is 0 Å². The Kier molecular flexibility index (Phi) is 7.24. The van der Waals surface area contributed by atoms with E-state index in [1.54, 1.807) is 19.2 Å². The summed E-state index contributed by atoms with van der Waals surface area (Å²) >= 11 is 0. The highest BCUT2D eigenvalue weighted by molar-refractivity contribution is 5.78. The van der Waals surface area contributed by atoms with E-state index in [0.717, 1.165) is 11.1 Å². The van der Waals surface area contributed by atoms with Crippen molar-refractivity contribution >= 4 is 11.9 Å². The fourth-order valence-electron chi connectivity index (χ4n) is 2.36. The van der Waals surface area contributed by atoms with Gasteiger partial charge in [-0.05, 0) is 29.3 Å². The molecule has 6 N–H and O–H groups in total. The number of hydrogen-bond donors (Lipinski definition) is 4. The lowest BCUT2D eigenvalue weighted by Crippen LogP contribution is -2.35. The minimum atomic E-state index is -0.288. The average Bonchev–Trinajstić information content (AvgIpc) is 2.65. The van der Waals surface area contributed by atoms with E-state index in [1.807, 2.05) is 30.3 Å². The van der Waals surface area contributed by atoms with Gasteiger partial charge in [-0.15, -0.1) is 0 Å². The van der Waals surface area contributed by atoms with Crippen molar-refractivity contribution in [2.75, 3.05) is 18.6 Å². The molecule has 0 spiro atoms. The van der Waals surface area contributed by atoms with E-state index in [4.69, 9.17) is 16.3 Å². The van der Waals surface area contributed by atoms with Crippen LogP contribution in [0, 0.1) is 6.92 Å². The Hall–Kier alpha value is -3.49. The first-order chi connectivity index (χ1) is 13.0. The van der Waals surface area contributed by atoms with Gasteiger partial charge in [0.1, 0.15) is 6.61 Å². The summed E-state index contributed by atoms with van der Waals surface area (Å²) < 4.78 is 1.39. The monoisotopic (exact) mass is 372 g/mol. The molecule has 2 aromatic rings. The number of carbonyl (C=O) groups is 1. The SMILES string of the molecule is Cc1ccn(NCc2ccccc2)c(=O)c1CC(=O)NCCON=C(N)N. The maximum absolute atomic E-state index is 12.6. The molecular formula is C18H24N6O3. The number of nitrogens with one attached hydrogen (secondary N) is 2. The van der Waals surface area contributed by atoms with Gasteiger partial charge >= 0.3 is 0 Å². The minimum Gasteiger partial charge on any atom is -0.391 e. The second kappa shape index (κ2) is 9.85. The molecule has 9 nitrogen and oxygen atoms in total. The quantitative estimate of drug-likeness (QED) is 0.208. The van der Waals surface area contributed by atoms with E-state index in [9.17, 15) is 9.59 Å². The number of amides is 1. The molecule has 144 valence electrons. The molecule has 0 aliphatic carbocycles. The van der Waals surface area contributed by atoms with E-state index in [-0.39, 0.29) is 37.0 Å². The van der Waals surface area contributed by atoms with Gasteiger partial charge in [-0.1, -0.05) is 30.3 Å². The van der Waals surface area contributed by atoms with Gasteiger partial charge in [0.25, 0.3) is 5.56 Å². The molecule has 1 aromatic carbocycles. The third-order valence-corrected chi connectivity index (χ3v) is 3.75. The Bertz CT molecular complexity index is 844. The number of pyridine rings is 1. The predicted molar refractivity (Wildman–Crippen MR) is 103 cm³/mol. The number of carbonyl (C=O) groups excluding carboxylic acids is 1. The Morgan fingerprint density at radius 3 is 2.67 bits per heavy atom. The molecule has 1 heterocycles. The molecule has 9 heteroatoms.